The Morgan fingerprint density at radius 3 is 1.90 bits per heavy atom. The lowest BCUT2D eigenvalue weighted by Crippen LogP contribution is -2.33. The molecule has 0 aliphatic rings. The molecular weight excluding hydrogens is 242 g/mol. The summed E-state index contributed by atoms with van der Waals surface area (Å²) in [4.78, 5) is 0. The Morgan fingerprint density at radius 1 is 0.600 bits per heavy atom. The number of benzene rings is 2. The molecule has 1 nitrogen and oxygen atoms in total. The van der Waals surface area contributed by atoms with Crippen molar-refractivity contribution in [3.8, 4) is 0 Å². The highest BCUT2D eigenvalue weighted by Crippen LogP contribution is 2.07. The van der Waals surface area contributed by atoms with Gasteiger partial charge in [-0.2, -0.15) is 0 Å². The molecule has 0 radical (unpaired) electrons. The summed E-state index contributed by atoms with van der Waals surface area (Å²) in [5, 5.41) is 0. The quantitative estimate of drug-likeness (QED) is 0.631. The Bertz CT molecular complexity index is 603. The Morgan fingerprint density at radius 2 is 1.20 bits per heavy atom. The van der Waals surface area contributed by atoms with E-state index in [1.54, 1.807) is 0 Å². The lowest BCUT2D eigenvalue weighted by atomic mass is 10.1. The molecule has 0 saturated heterocycles. The van der Waals surface area contributed by atoms with Crippen molar-refractivity contribution in [2.75, 3.05) is 0 Å². The molecular formula is C19H18N+. The van der Waals surface area contributed by atoms with Crippen LogP contribution >= 0.6 is 0 Å². The summed E-state index contributed by atoms with van der Waals surface area (Å²) in [5.74, 6) is 0. The number of nitrogens with zero attached hydrogens (tertiary/aromatic N) is 1. The Hall–Kier alpha value is -2.41. The summed E-state index contributed by atoms with van der Waals surface area (Å²) in [6.45, 7) is 0.920. The van der Waals surface area contributed by atoms with Gasteiger partial charge in [-0.05, 0) is 11.6 Å². The van der Waals surface area contributed by atoms with E-state index in [4.69, 9.17) is 0 Å². The van der Waals surface area contributed by atoms with E-state index in [0.29, 0.717) is 0 Å². The molecule has 2 aromatic carbocycles. The van der Waals surface area contributed by atoms with Crippen molar-refractivity contribution < 1.29 is 4.57 Å². The standard InChI is InChI=1S/C19H18N/c1-3-8-17(9-4-1)14-19-12-7-13-20(16-19)15-18-10-5-2-6-11-18/h1-13,16H,14-15H2/q+1. The molecule has 0 atom stereocenters. The van der Waals surface area contributed by atoms with Crippen molar-refractivity contribution in [1.29, 1.82) is 0 Å². The molecule has 0 aliphatic carbocycles. The maximum absolute atomic E-state index is 2.24. The molecule has 0 saturated carbocycles. The minimum absolute atomic E-state index is 0.920. The first-order valence-electron chi connectivity index (χ1n) is 6.96. The van der Waals surface area contributed by atoms with Crippen molar-refractivity contribution in [2.24, 2.45) is 0 Å². The van der Waals surface area contributed by atoms with Crippen molar-refractivity contribution in [3.05, 3.63) is 102 Å². The van der Waals surface area contributed by atoms with Crippen LogP contribution in [0.4, 0.5) is 0 Å². The minimum Gasteiger partial charge on any atom is -0.200 e. The van der Waals surface area contributed by atoms with Gasteiger partial charge in [0, 0.05) is 23.6 Å². The SMILES string of the molecule is c1ccc(Cc2ccc[n+](Cc3ccccc3)c2)cc1. The molecule has 0 aliphatic heterocycles. The van der Waals surface area contributed by atoms with Gasteiger partial charge in [-0.1, -0.05) is 60.7 Å². The molecule has 0 spiro atoms. The fourth-order valence-corrected chi connectivity index (χ4v) is 2.40. The first-order chi connectivity index (χ1) is 9.90. The molecule has 0 fully saturated rings. The van der Waals surface area contributed by atoms with Crippen molar-refractivity contribution in [1.82, 2.24) is 0 Å². The van der Waals surface area contributed by atoms with E-state index < -0.39 is 0 Å². The maximum atomic E-state index is 2.24. The van der Waals surface area contributed by atoms with Gasteiger partial charge in [-0.15, -0.1) is 0 Å². The van der Waals surface area contributed by atoms with Gasteiger partial charge in [0.15, 0.2) is 18.9 Å². The van der Waals surface area contributed by atoms with E-state index in [1.807, 2.05) is 0 Å². The van der Waals surface area contributed by atoms with Crippen LogP contribution in [0, 0.1) is 0 Å². The van der Waals surface area contributed by atoms with Gasteiger partial charge in [0.2, 0.25) is 0 Å². The third-order valence-electron chi connectivity index (χ3n) is 3.38. The molecule has 98 valence electrons. The van der Waals surface area contributed by atoms with E-state index >= 15 is 0 Å². The summed E-state index contributed by atoms with van der Waals surface area (Å²) in [6.07, 6.45) is 5.35. The van der Waals surface area contributed by atoms with Crippen LogP contribution < -0.4 is 4.57 Å². The fraction of sp³-hybridized carbons (Fsp3) is 0.105. The molecule has 3 rings (SSSR count). The normalized spacial score (nSPS) is 10.4. The number of hydrogen-bond donors (Lipinski definition) is 0. The van der Waals surface area contributed by atoms with Gasteiger partial charge in [0.25, 0.3) is 0 Å². The number of hydrogen-bond acceptors (Lipinski definition) is 0. The first-order valence-corrected chi connectivity index (χ1v) is 6.96. The Kier molecular flexibility index (Phi) is 3.88. The lowest BCUT2D eigenvalue weighted by Gasteiger charge is -2.02. The predicted octanol–water partition coefficient (Wildman–Crippen LogP) is 3.61. The van der Waals surface area contributed by atoms with E-state index in [9.17, 15) is 0 Å². The summed E-state index contributed by atoms with van der Waals surface area (Å²) in [6, 6.07) is 25.5. The molecule has 20 heavy (non-hydrogen) atoms. The van der Waals surface area contributed by atoms with Crippen molar-refractivity contribution in [2.45, 2.75) is 13.0 Å². The van der Waals surface area contributed by atoms with Crippen LogP contribution in [0.3, 0.4) is 0 Å². The zero-order valence-corrected chi connectivity index (χ0v) is 11.4. The van der Waals surface area contributed by atoms with Crippen LogP contribution in [0.15, 0.2) is 85.2 Å². The topological polar surface area (TPSA) is 3.88 Å². The molecule has 1 heterocycles. The molecule has 0 N–H and O–H groups in total. The highest BCUT2D eigenvalue weighted by atomic mass is 14.9. The number of rotatable bonds is 4. The predicted molar refractivity (Wildman–Crippen MR) is 81.4 cm³/mol. The van der Waals surface area contributed by atoms with Gasteiger partial charge in [0.05, 0.1) is 0 Å². The zero-order valence-electron chi connectivity index (χ0n) is 11.4. The van der Waals surface area contributed by atoms with Crippen LogP contribution in [0.2, 0.25) is 0 Å². The minimum atomic E-state index is 0.920. The molecule has 3 aromatic rings. The number of aromatic nitrogens is 1. The Labute approximate surface area is 120 Å². The van der Waals surface area contributed by atoms with Gasteiger partial charge in [-0.25, -0.2) is 4.57 Å². The Balaban J connectivity index is 1.76. The largest absolute Gasteiger partial charge is 0.200 e. The van der Waals surface area contributed by atoms with Crippen LogP contribution in [0.1, 0.15) is 16.7 Å². The summed E-state index contributed by atoms with van der Waals surface area (Å²) in [5.41, 5.74) is 4.02. The van der Waals surface area contributed by atoms with Crippen LogP contribution in [0.5, 0.6) is 0 Å². The second kappa shape index (κ2) is 6.16. The zero-order chi connectivity index (χ0) is 13.6. The van der Waals surface area contributed by atoms with Gasteiger partial charge in [0.1, 0.15) is 0 Å². The molecule has 1 heteroatoms. The maximum Gasteiger partial charge on any atom is 0.173 e. The number of pyridine rings is 1. The second-order valence-electron chi connectivity index (χ2n) is 5.03. The summed E-state index contributed by atoms with van der Waals surface area (Å²) >= 11 is 0. The third kappa shape index (κ3) is 3.33. The monoisotopic (exact) mass is 260 g/mol. The third-order valence-corrected chi connectivity index (χ3v) is 3.38. The van der Waals surface area contributed by atoms with Gasteiger partial charge < -0.3 is 0 Å². The van der Waals surface area contributed by atoms with Crippen LogP contribution in [0.25, 0.3) is 0 Å². The van der Waals surface area contributed by atoms with Crippen LogP contribution in [-0.2, 0) is 13.0 Å². The first kappa shape index (κ1) is 12.6. The average Bonchev–Trinajstić information content (AvgIpc) is 2.50. The average molecular weight is 260 g/mol. The molecule has 0 amide bonds. The van der Waals surface area contributed by atoms with E-state index in [0.717, 1.165) is 13.0 Å². The van der Waals surface area contributed by atoms with E-state index in [2.05, 4.69) is 89.8 Å². The fourth-order valence-electron chi connectivity index (χ4n) is 2.40. The van der Waals surface area contributed by atoms with Gasteiger partial charge in [-0.3, -0.25) is 0 Å². The summed E-state index contributed by atoms with van der Waals surface area (Å²) < 4.78 is 2.24. The molecule has 1 aromatic heterocycles. The molecule has 0 bridgehead atoms. The lowest BCUT2D eigenvalue weighted by molar-refractivity contribution is -0.688. The molecule has 0 unspecified atom stereocenters. The van der Waals surface area contributed by atoms with E-state index in [-0.39, 0.29) is 0 Å². The highest BCUT2D eigenvalue weighted by Gasteiger charge is 2.04. The smallest absolute Gasteiger partial charge is 0.173 e. The second-order valence-corrected chi connectivity index (χ2v) is 5.03. The highest BCUT2D eigenvalue weighted by molar-refractivity contribution is 5.22. The van der Waals surface area contributed by atoms with Crippen molar-refractivity contribution >= 4 is 0 Å². The van der Waals surface area contributed by atoms with Gasteiger partial charge >= 0.3 is 0 Å². The van der Waals surface area contributed by atoms with Crippen LogP contribution in [-0.4, -0.2) is 0 Å². The van der Waals surface area contributed by atoms with Crippen molar-refractivity contribution in [3.63, 3.8) is 0 Å². The van der Waals surface area contributed by atoms with E-state index in [1.165, 1.54) is 16.7 Å². The summed E-state index contributed by atoms with van der Waals surface area (Å²) in [7, 11) is 0.